The molecule has 0 unspecified atom stereocenters. The van der Waals surface area contributed by atoms with Gasteiger partial charge in [0.15, 0.2) is 6.29 Å². The van der Waals surface area contributed by atoms with Crippen molar-refractivity contribution in [3.63, 3.8) is 0 Å². The van der Waals surface area contributed by atoms with E-state index in [1.807, 2.05) is 12.1 Å². The molecule has 0 spiro atoms. The van der Waals surface area contributed by atoms with Crippen LogP contribution in [-0.2, 0) is 6.42 Å². The number of rotatable bonds is 4. The summed E-state index contributed by atoms with van der Waals surface area (Å²) in [7, 11) is 0. The maximum Gasteiger partial charge on any atom is 0.160 e. The third kappa shape index (κ3) is 2.59. The fraction of sp³-hybridized carbons (Fsp3) is 0.167. The van der Waals surface area contributed by atoms with Gasteiger partial charge in [0.1, 0.15) is 0 Å². The first-order chi connectivity index (χ1) is 10.2. The zero-order valence-corrected chi connectivity index (χ0v) is 13.7. The van der Waals surface area contributed by atoms with Crippen LogP contribution >= 0.6 is 22.7 Å². The molecule has 0 atom stereocenters. The minimum absolute atomic E-state index is 0.782. The summed E-state index contributed by atoms with van der Waals surface area (Å²) < 4.78 is 0. The molecule has 0 aliphatic heterocycles. The predicted octanol–water partition coefficient (Wildman–Crippen LogP) is 5.83. The lowest BCUT2D eigenvalue weighted by molar-refractivity contribution is 0.112. The first-order valence-corrected chi connectivity index (χ1v) is 8.66. The van der Waals surface area contributed by atoms with Gasteiger partial charge in [-0.2, -0.15) is 0 Å². The summed E-state index contributed by atoms with van der Waals surface area (Å²) in [6, 6.07) is 12.6. The summed E-state index contributed by atoms with van der Waals surface area (Å²) >= 11 is 3.34. The Labute approximate surface area is 132 Å². The zero-order valence-electron chi connectivity index (χ0n) is 12.1. The van der Waals surface area contributed by atoms with Crippen LogP contribution in [0.25, 0.3) is 20.9 Å². The van der Waals surface area contributed by atoms with Crippen LogP contribution in [0.2, 0.25) is 0 Å². The Morgan fingerprint density at radius 1 is 1.05 bits per heavy atom. The fourth-order valence-electron chi connectivity index (χ4n) is 2.70. The van der Waals surface area contributed by atoms with Crippen LogP contribution in [0.15, 0.2) is 41.8 Å². The Bertz CT molecular complexity index is 767. The number of aldehydes is 1. The Balaban J connectivity index is 2.14. The quantitative estimate of drug-likeness (QED) is 0.554. The maximum atomic E-state index is 10.9. The van der Waals surface area contributed by atoms with Crippen molar-refractivity contribution < 1.29 is 4.79 Å². The highest BCUT2D eigenvalue weighted by Crippen LogP contribution is 2.37. The van der Waals surface area contributed by atoms with Crippen molar-refractivity contribution in [1.29, 1.82) is 0 Å². The number of thiophene rings is 2. The molecular weight excluding hydrogens is 296 g/mol. The topological polar surface area (TPSA) is 17.1 Å². The third-order valence-electron chi connectivity index (χ3n) is 3.75. The summed E-state index contributed by atoms with van der Waals surface area (Å²) in [5, 5.41) is 2.12. The van der Waals surface area contributed by atoms with Crippen molar-refractivity contribution >= 4 is 29.0 Å². The van der Waals surface area contributed by atoms with Crippen molar-refractivity contribution in [3.05, 3.63) is 57.8 Å². The number of hydrogen-bond donors (Lipinski definition) is 0. The monoisotopic (exact) mass is 312 g/mol. The molecule has 3 heteroatoms. The molecule has 3 aromatic rings. The molecule has 1 nitrogen and oxygen atoms in total. The van der Waals surface area contributed by atoms with E-state index >= 15 is 0 Å². The van der Waals surface area contributed by atoms with E-state index in [0.29, 0.717) is 0 Å². The summed E-state index contributed by atoms with van der Waals surface area (Å²) in [6.45, 7) is 4.39. The van der Waals surface area contributed by atoms with Gasteiger partial charge in [-0.3, -0.25) is 4.79 Å². The lowest BCUT2D eigenvalue weighted by Crippen LogP contribution is -1.93. The van der Waals surface area contributed by atoms with Crippen LogP contribution in [0.4, 0.5) is 0 Å². The standard InChI is InChI=1S/C18H16OS2/c1-3-14-12(2)15(18-9-6-13(11-19)21-18)7-8-16(14)17-5-4-10-20-17/h4-11H,3H2,1-2H3. The van der Waals surface area contributed by atoms with Crippen LogP contribution < -0.4 is 0 Å². The highest BCUT2D eigenvalue weighted by atomic mass is 32.1. The van der Waals surface area contributed by atoms with Gasteiger partial charge in [-0.25, -0.2) is 0 Å². The molecule has 106 valence electrons. The molecule has 0 fully saturated rings. The Morgan fingerprint density at radius 2 is 1.86 bits per heavy atom. The smallest absolute Gasteiger partial charge is 0.160 e. The number of hydrogen-bond acceptors (Lipinski definition) is 3. The van der Waals surface area contributed by atoms with Crippen molar-refractivity contribution in [2.24, 2.45) is 0 Å². The molecule has 0 bridgehead atoms. The Morgan fingerprint density at radius 3 is 2.48 bits per heavy atom. The normalized spacial score (nSPS) is 10.8. The lowest BCUT2D eigenvalue weighted by atomic mass is 9.93. The molecule has 2 aromatic heterocycles. The van der Waals surface area contributed by atoms with Gasteiger partial charge in [0.05, 0.1) is 4.88 Å². The maximum absolute atomic E-state index is 10.9. The average Bonchev–Trinajstić information content (AvgIpc) is 3.18. The largest absolute Gasteiger partial charge is 0.297 e. The molecule has 0 amide bonds. The molecule has 21 heavy (non-hydrogen) atoms. The van der Waals surface area contributed by atoms with Crippen LogP contribution in [0.3, 0.4) is 0 Å². The highest BCUT2D eigenvalue weighted by molar-refractivity contribution is 7.17. The summed E-state index contributed by atoms with van der Waals surface area (Å²) in [5.41, 5.74) is 5.30. The van der Waals surface area contributed by atoms with Crippen LogP contribution in [0.1, 0.15) is 27.7 Å². The molecule has 3 rings (SSSR count). The molecule has 0 saturated carbocycles. The van der Waals surface area contributed by atoms with Crippen molar-refractivity contribution in [3.8, 4) is 20.9 Å². The second-order valence-corrected chi connectivity index (χ2v) is 6.98. The Kier molecular flexibility index (Phi) is 4.04. The van der Waals surface area contributed by atoms with Gasteiger partial charge < -0.3 is 0 Å². The minimum Gasteiger partial charge on any atom is -0.297 e. The average molecular weight is 312 g/mol. The van der Waals surface area contributed by atoms with Crippen LogP contribution in [0, 0.1) is 6.92 Å². The molecular formula is C18H16OS2. The Hall–Kier alpha value is -1.71. The molecule has 0 radical (unpaired) electrons. The lowest BCUT2D eigenvalue weighted by Gasteiger charge is -2.14. The van der Waals surface area contributed by atoms with Gasteiger partial charge >= 0.3 is 0 Å². The third-order valence-corrected chi connectivity index (χ3v) is 5.69. The second kappa shape index (κ2) is 5.96. The fourth-order valence-corrected chi connectivity index (χ4v) is 4.39. The predicted molar refractivity (Wildman–Crippen MR) is 92.6 cm³/mol. The van der Waals surface area contributed by atoms with E-state index in [0.717, 1.165) is 17.6 Å². The number of carbonyl (C=O) groups excluding carboxylic acids is 1. The second-order valence-electron chi connectivity index (χ2n) is 4.91. The van der Waals surface area contributed by atoms with Crippen LogP contribution in [-0.4, -0.2) is 6.29 Å². The van der Waals surface area contributed by atoms with Gasteiger partial charge in [-0.05, 0) is 59.2 Å². The summed E-state index contributed by atoms with van der Waals surface area (Å²) in [6.07, 6.45) is 1.93. The van der Waals surface area contributed by atoms with E-state index in [4.69, 9.17) is 0 Å². The van der Waals surface area contributed by atoms with E-state index < -0.39 is 0 Å². The molecule has 0 aliphatic carbocycles. The number of carbonyl (C=O) groups is 1. The van der Waals surface area contributed by atoms with E-state index in [1.54, 1.807) is 22.7 Å². The van der Waals surface area contributed by atoms with Crippen LogP contribution in [0.5, 0.6) is 0 Å². The van der Waals surface area contributed by atoms with E-state index in [1.165, 1.54) is 32.0 Å². The van der Waals surface area contributed by atoms with Gasteiger partial charge in [0.25, 0.3) is 0 Å². The van der Waals surface area contributed by atoms with Gasteiger partial charge in [0, 0.05) is 9.75 Å². The van der Waals surface area contributed by atoms with Gasteiger partial charge in [-0.1, -0.05) is 25.1 Å². The van der Waals surface area contributed by atoms with Crippen molar-refractivity contribution in [2.45, 2.75) is 20.3 Å². The van der Waals surface area contributed by atoms with Crippen molar-refractivity contribution in [1.82, 2.24) is 0 Å². The highest BCUT2D eigenvalue weighted by Gasteiger charge is 2.13. The molecule has 0 saturated heterocycles. The van der Waals surface area contributed by atoms with E-state index in [9.17, 15) is 4.79 Å². The molecule has 0 aliphatic rings. The van der Waals surface area contributed by atoms with Gasteiger partial charge in [-0.15, -0.1) is 22.7 Å². The molecule has 1 aromatic carbocycles. The summed E-state index contributed by atoms with van der Waals surface area (Å²) in [5.74, 6) is 0. The SMILES string of the molecule is CCc1c(-c2cccs2)ccc(-c2ccc(C=O)s2)c1C. The zero-order chi connectivity index (χ0) is 14.8. The minimum atomic E-state index is 0.782. The van der Waals surface area contributed by atoms with E-state index in [-0.39, 0.29) is 0 Å². The number of benzene rings is 1. The van der Waals surface area contributed by atoms with E-state index in [2.05, 4.69) is 43.5 Å². The first kappa shape index (κ1) is 14.2. The molecule has 2 heterocycles. The van der Waals surface area contributed by atoms with Gasteiger partial charge in [0.2, 0.25) is 0 Å². The molecule has 0 N–H and O–H groups in total. The first-order valence-electron chi connectivity index (χ1n) is 6.96. The van der Waals surface area contributed by atoms with Crippen molar-refractivity contribution in [2.75, 3.05) is 0 Å². The summed E-state index contributed by atoms with van der Waals surface area (Å²) in [4.78, 5) is 14.2.